The summed E-state index contributed by atoms with van der Waals surface area (Å²) in [5.41, 5.74) is 0.997. The Hall–Kier alpha value is -1.18. The lowest BCUT2D eigenvalue weighted by Crippen LogP contribution is -2.34. The van der Waals surface area contributed by atoms with Crippen molar-refractivity contribution in [2.24, 2.45) is 0 Å². The van der Waals surface area contributed by atoms with Crippen LogP contribution in [0.3, 0.4) is 0 Å². The highest BCUT2D eigenvalue weighted by molar-refractivity contribution is 7.91. The first-order valence-corrected chi connectivity index (χ1v) is 10.6. The first-order chi connectivity index (χ1) is 10.6. The molecule has 1 saturated heterocycles. The number of amides is 1. The van der Waals surface area contributed by atoms with E-state index in [4.69, 9.17) is 0 Å². The van der Waals surface area contributed by atoms with Gasteiger partial charge in [0.05, 0.1) is 17.4 Å². The van der Waals surface area contributed by atoms with E-state index in [2.05, 4.69) is 0 Å². The van der Waals surface area contributed by atoms with Crippen LogP contribution in [0.5, 0.6) is 0 Å². The Morgan fingerprint density at radius 1 is 1.27 bits per heavy atom. The van der Waals surface area contributed by atoms with E-state index in [9.17, 15) is 13.2 Å². The van der Waals surface area contributed by atoms with Crippen LogP contribution in [0, 0.1) is 0 Å². The Bertz CT molecular complexity index is 720. The number of hydrogen-bond donors (Lipinski definition) is 0. The van der Waals surface area contributed by atoms with Crippen LogP contribution in [0.4, 0.5) is 0 Å². The first-order valence-electron chi connectivity index (χ1n) is 7.10. The van der Waals surface area contributed by atoms with Crippen molar-refractivity contribution >= 4 is 38.4 Å². The fourth-order valence-electron chi connectivity index (χ4n) is 2.67. The van der Waals surface area contributed by atoms with Gasteiger partial charge in [-0.15, -0.1) is 11.3 Å². The van der Waals surface area contributed by atoms with Gasteiger partial charge < -0.3 is 4.90 Å². The van der Waals surface area contributed by atoms with Crippen molar-refractivity contribution in [2.45, 2.75) is 18.1 Å². The maximum absolute atomic E-state index is 12.5. The molecule has 0 spiro atoms. The Labute approximate surface area is 138 Å². The topological polar surface area (TPSA) is 54.5 Å². The van der Waals surface area contributed by atoms with Crippen LogP contribution >= 0.6 is 22.7 Å². The number of carbonyl (C=O) groups excluding carboxylic acids is 1. The minimum atomic E-state index is -3.19. The van der Waals surface area contributed by atoms with E-state index < -0.39 is 15.1 Å². The summed E-state index contributed by atoms with van der Waals surface area (Å²) < 4.78 is 24.9. The van der Waals surface area contributed by atoms with Crippen LogP contribution < -0.4 is 0 Å². The molecule has 3 rings (SSSR count). The van der Waals surface area contributed by atoms with Crippen molar-refractivity contribution in [3.63, 3.8) is 0 Å². The van der Waals surface area contributed by atoms with Crippen molar-refractivity contribution in [2.75, 3.05) is 18.8 Å². The average molecular weight is 356 g/mol. The number of thiophene rings is 2. The number of rotatable bonds is 3. The number of hydrogen-bond acceptors (Lipinski definition) is 5. The maximum atomic E-state index is 12.5. The van der Waals surface area contributed by atoms with Gasteiger partial charge in [0.2, 0.25) is 5.91 Å². The molecule has 0 bridgehead atoms. The highest BCUT2D eigenvalue weighted by Gasteiger charge is 2.33. The molecule has 0 aromatic carbocycles. The molecular formula is C15H17NO3S3. The molecule has 3 heterocycles. The fourth-order valence-corrected chi connectivity index (χ4v) is 6.34. The summed E-state index contributed by atoms with van der Waals surface area (Å²) in [5.74, 6) is 0.0609. The SMILES string of the molecule is O=C(Cc1ccsc1)N1CCC(c2cccs2)S(=O)(=O)CC1. The molecule has 4 nitrogen and oxygen atoms in total. The van der Waals surface area contributed by atoms with Gasteiger partial charge in [0.15, 0.2) is 9.84 Å². The summed E-state index contributed by atoms with van der Waals surface area (Å²) in [6.07, 6.45) is 0.839. The summed E-state index contributed by atoms with van der Waals surface area (Å²) in [7, 11) is -3.19. The van der Waals surface area contributed by atoms with Crippen LogP contribution in [0.15, 0.2) is 34.3 Å². The highest BCUT2D eigenvalue weighted by atomic mass is 32.2. The third-order valence-electron chi connectivity index (χ3n) is 3.89. The van der Waals surface area contributed by atoms with Crippen LogP contribution in [0.25, 0.3) is 0 Å². The predicted molar refractivity (Wildman–Crippen MR) is 90.1 cm³/mol. The van der Waals surface area contributed by atoms with E-state index in [0.29, 0.717) is 25.9 Å². The van der Waals surface area contributed by atoms with Gasteiger partial charge in [-0.25, -0.2) is 8.42 Å². The molecule has 1 aliphatic rings. The van der Waals surface area contributed by atoms with Crippen LogP contribution in [-0.2, 0) is 21.1 Å². The Morgan fingerprint density at radius 3 is 2.82 bits per heavy atom. The predicted octanol–water partition coefficient (Wildman–Crippen LogP) is 2.74. The molecule has 1 fully saturated rings. The van der Waals surface area contributed by atoms with E-state index in [1.807, 2.05) is 34.3 Å². The molecule has 0 saturated carbocycles. The molecule has 0 radical (unpaired) electrons. The Morgan fingerprint density at radius 2 is 2.14 bits per heavy atom. The minimum absolute atomic E-state index is 0.0143. The van der Waals surface area contributed by atoms with Crippen molar-refractivity contribution < 1.29 is 13.2 Å². The van der Waals surface area contributed by atoms with Gasteiger partial charge in [-0.1, -0.05) is 6.07 Å². The molecule has 2 aromatic rings. The van der Waals surface area contributed by atoms with Gasteiger partial charge in [-0.05, 0) is 40.3 Å². The van der Waals surface area contributed by atoms with Gasteiger partial charge >= 0.3 is 0 Å². The first kappa shape index (κ1) is 15.7. The molecular weight excluding hydrogens is 338 g/mol. The summed E-state index contributed by atoms with van der Waals surface area (Å²) in [5, 5.41) is 5.34. The Balaban J connectivity index is 1.72. The number of sulfone groups is 1. The second-order valence-electron chi connectivity index (χ2n) is 5.35. The van der Waals surface area contributed by atoms with E-state index in [1.165, 1.54) is 11.3 Å². The van der Waals surface area contributed by atoms with Gasteiger partial charge in [0, 0.05) is 18.0 Å². The third-order valence-corrected chi connectivity index (χ3v) is 7.86. The standard InChI is InChI=1S/C15H17NO3S3/c17-15(10-12-4-8-20-11-12)16-5-3-14(13-2-1-7-21-13)22(18,19)9-6-16/h1-2,4,7-8,11,14H,3,5-6,9-10H2. The molecule has 7 heteroatoms. The summed E-state index contributed by atoms with van der Waals surface area (Å²) in [4.78, 5) is 14.9. The van der Waals surface area contributed by atoms with Crippen molar-refractivity contribution in [3.05, 3.63) is 44.8 Å². The fraction of sp³-hybridized carbons (Fsp3) is 0.400. The lowest BCUT2D eigenvalue weighted by molar-refractivity contribution is -0.130. The van der Waals surface area contributed by atoms with Crippen LogP contribution in [0.1, 0.15) is 22.1 Å². The number of carbonyl (C=O) groups is 1. The van der Waals surface area contributed by atoms with Crippen LogP contribution in [-0.4, -0.2) is 38.1 Å². The maximum Gasteiger partial charge on any atom is 0.227 e. The molecule has 1 amide bonds. The van der Waals surface area contributed by atoms with Crippen molar-refractivity contribution in [1.29, 1.82) is 0 Å². The van der Waals surface area contributed by atoms with E-state index >= 15 is 0 Å². The second kappa shape index (κ2) is 6.52. The molecule has 2 aromatic heterocycles. The van der Waals surface area contributed by atoms with Gasteiger partial charge in [-0.3, -0.25) is 4.79 Å². The minimum Gasteiger partial charge on any atom is -0.341 e. The summed E-state index contributed by atoms with van der Waals surface area (Å²) >= 11 is 3.04. The lowest BCUT2D eigenvalue weighted by Gasteiger charge is -2.19. The Kier molecular flexibility index (Phi) is 4.65. The van der Waals surface area contributed by atoms with Gasteiger partial charge in [0.1, 0.15) is 0 Å². The normalized spacial score (nSPS) is 21.5. The van der Waals surface area contributed by atoms with Crippen molar-refractivity contribution in [1.82, 2.24) is 4.90 Å². The second-order valence-corrected chi connectivity index (χ2v) is 9.41. The summed E-state index contributed by atoms with van der Waals surface area (Å²) in [6, 6.07) is 5.68. The molecule has 1 unspecified atom stereocenters. The van der Waals surface area contributed by atoms with Gasteiger partial charge in [0.25, 0.3) is 0 Å². The van der Waals surface area contributed by atoms with Crippen molar-refractivity contribution in [3.8, 4) is 0 Å². The van der Waals surface area contributed by atoms with E-state index in [0.717, 1.165) is 10.4 Å². The monoisotopic (exact) mass is 355 g/mol. The summed E-state index contributed by atoms with van der Waals surface area (Å²) in [6.45, 7) is 0.804. The molecule has 22 heavy (non-hydrogen) atoms. The molecule has 1 aliphatic heterocycles. The average Bonchev–Trinajstić information content (AvgIpc) is 3.13. The zero-order valence-corrected chi connectivity index (χ0v) is 14.4. The van der Waals surface area contributed by atoms with E-state index in [1.54, 1.807) is 16.2 Å². The smallest absolute Gasteiger partial charge is 0.227 e. The lowest BCUT2D eigenvalue weighted by atomic mass is 10.2. The molecule has 0 aliphatic carbocycles. The van der Waals surface area contributed by atoms with E-state index in [-0.39, 0.29) is 11.7 Å². The van der Waals surface area contributed by atoms with Crippen LogP contribution in [0.2, 0.25) is 0 Å². The third kappa shape index (κ3) is 3.42. The van der Waals surface area contributed by atoms with Gasteiger partial charge in [-0.2, -0.15) is 11.3 Å². The highest BCUT2D eigenvalue weighted by Crippen LogP contribution is 2.32. The molecule has 1 atom stereocenters. The quantitative estimate of drug-likeness (QED) is 0.851. The molecule has 0 N–H and O–H groups in total. The number of nitrogens with zero attached hydrogens (tertiary/aromatic N) is 1. The molecule has 118 valence electrons. The zero-order valence-electron chi connectivity index (χ0n) is 12.0. The largest absolute Gasteiger partial charge is 0.341 e. The zero-order chi connectivity index (χ0) is 15.6.